The molecule has 2 aromatic heterocycles. The Hall–Kier alpha value is -5.80. The van der Waals surface area contributed by atoms with Crippen LogP contribution in [0.3, 0.4) is 0 Å². The highest BCUT2D eigenvalue weighted by Gasteiger charge is 2.54. The summed E-state index contributed by atoms with van der Waals surface area (Å²) in [6, 6.07) is 42.4. The van der Waals surface area contributed by atoms with Crippen LogP contribution in [-0.2, 0) is 40.5 Å². The first-order valence-electron chi connectivity index (χ1n) is 20.9. The van der Waals surface area contributed by atoms with Crippen molar-refractivity contribution in [3.8, 4) is 5.75 Å². The smallest absolute Gasteiger partial charge is 0.356 e. The molecule has 0 radical (unpaired) electrons. The first-order valence-corrected chi connectivity index (χ1v) is 25.9. The average molecular weight is 1080 g/mol. The van der Waals surface area contributed by atoms with Gasteiger partial charge in [0.2, 0.25) is 0 Å². The molecular formula is C49H40FIN6O6S4. The number of halogens is 2. The lowest BCUT2D eigenvalue weighted by molar-refractivity contribution is -0.153. The van der Waals surface area contributed by atoms with E-state index in [9.17, 15) is 14.4 Å². The van der Waals surface area contributed by atoms with E-state index in [0.717, 1.165) is 53.0 Å². The number of thioether (sulfide) groups is 2. The monoisotopic (exact) mass is 1080 g/mol. The molecule has 1 saturated heterocycles. The number of hydrogen-bond donors (Lipinski definition) is 2. The van der Waals surface area contributed by atoms with Gasteiger partial charge in [-0.15, -0.1) is 34.4 Å². The average Bonchev–Trinajstić information content (AvgIpc) is 4.02. The van der Waals surface area contributed by atoms with Crippen LogP contribution >= 0.6 is 68.8 Å². The zero-order valence-electron chi connectivity index (χ0n) is 35.5. The maximum absolute atomic E-state index is 15.6. The molecule has 2 aliphatic rings. The molecule has 4 heterocycles. The summed E-state index contributed by atoms with van der Waals surface area (Å²) < 4.78 is 29.2. The van der Waals surface area contributed by atoms with Crippen LogP contribution in [0.4, 0.5) is 9.52 Å². The predicted octanol–water partition coefficient (Wildman–Crippen LogP) is 10.3. The van der Waals surface area contributed by atoms with Crippen molar-refractivity contribution in [3.05, 3.63) is 183 Å². The molecule has 2 amide bonds. The van der Waals surface area contributed by atoms with Crippen molar-refractivity contribution in [2.24, 2.45) is 5.16 Å². The molecule has 1 fully saturated rings. The number of ether oxygens (including phenoxy) is 2. The number of hydrogen-bond acceptors (Lipinski definition) is 14. The Morgan fingerprint density at radius 2 is 1.60 bits per heavy atom. The molecular weight excluding hydrogens is 1040 g/mol. The van der Waals surface area contributed by atoms with E-state index in [1.54, 1.807) is 36.8 Å². The van der Waals surface area contributed by atoms with Crippen molar-refractivity contribution in [1.82, 2.24) is 20.2 Å². The van der Waals surface area contributed by atoms with Crippen LogP contribution < -0.4 is 15.4 Å². The number of esters is 1. The Labute approximate surface area is 415 Å². The quantitative estimate of drug-likeness (QED) is 0.0161. The van der Waals surface area contributed by atoms with Crippen LogP contribution in [0, 0.1) is 0 Å². The molecule has 0 saturated carbocycles. The van der Waals surface area contributed by atoms with E-state index in [2.05, 4.69) is 49.4 Å². The second kappa shape index (κ2) is 21.0. The molecule has 1 unspecified atom stereocenters. The van der Waals surface area contributed by atoms with Crippen molar-refractivity contribution < 1.29 is 33.1 Å². The number of carbonyl (C=O) groups excluding carboxylic acids is 3. The van der Waals surface area contributed by atoms with Crippen LogP contribution in [0.5, 0.6) is 5.75 Å². The van der Waals surface area contributed by atoms with E-state index in [-0.39, 0.29) is 18.0 Å². The molecule has 7 aromatic rings. The number of fused-ring (bicyclic) bond motifs is 2. The Balaban J connectivity index is 0.845. The molecule has 0 bridgehead atoms. The van der Waals surface area contributed by atoms with Crippen molar-refractivity contribution in [2.45, 2.75) is 38.5 Å². The number of aromatic nitrogens is 2. The van der Waals surface area contributed by atoms with Crippen molar-refractivity contribution in [3.63, 3.8) is 0 Å². The van der Waals surface area contributed by atoms with E-state index in [1.807, 2.05) is 103 Å². The molecule has 340 valence electrons. The number of alkyl halides is 2. The third-order valence-electron chi connectivity index (χ3n) is 11.0. The zero-order valence-corrected chi connectivity index (χ0v) is 41.0. The molecule has 12 nitrogen and oxygen atoms in total. The first kappa shape index (κ1) is 46.3. The van der Waals surface area contributed by atoms with E-state index in [0.29, 0.717) is 21.5 Å². The van der Waals surface area contributed by atoms with Gasteiger partial charge in [-0.1, -0.05) is 149 Å². The highest BCUT2D eigenvalue weighted by atomic mass is 127. The van der Waals surface area contributed by atoms with Crippen LogP contribution in [0.25, 0.3) is 10.2 Å². The van der Waals surface area contributed by atoms with Crippen molar-refractivity contribution in [2.75, 3.05) is 24.8 Å². The topological polar surface area (TPSA) is 144 Å². The number of nitrogens with zero attached hydrogens (tertiary/aromatic N) is 4. The molecule has 0 spiro atoms. The van der Waals surface area contributed by atoms with Gasteiger partial charge in [-0.2, -0.15) is 0 Å². The van der Waals surface area contributed by atoms with Gasteiger partial charge >= 0.3 is 5.97 Å². The summed E-state index contributed by atoms with van der Waals surface area (Å²) >= 11 is 7.82. The lowest BCUT2D eigenvalue weighted by Crippen LogP contribution is -2.70. The standard InChI is InChI=1S/C49H40FIN6O6S4/c1-61-35-20-17-30(18-21-35)26-62-46(60)43-40(67-48-54-37-23-31(24-51)19-22-39(37)66-48)29-64-45-42(44(59)57(43)45)55-41(58)25-52-63-27-36(50)38-28-65-47(53-38)56-49(32-11-5-2-6-12-32,33-13-7-3-8-14-33)34-15-9-4-10-16-34/h2-23,25,28,36,42,45H,24,26-27,29H2,1H3,(H,53,56)(H,55,58)/b52-25-/t36?,42-,45+/m1/s1. The van der Waals surface area contributed by atoms with E-state index >= 15 is 4.39 Å². The largest absolute Gasteiger partial charge is 0.497 e. The van der Waals surface area contributed by atoms with Crippen LogP contribution in [0.2, 0.25) is 0 Å². The van der Waals surface area contributed by atoms with Crippen LogP contribution in [0.15, 0.2) is 159 Å². The van der Waals surface area contributed by atoms with Gasteiger partial charge in [-0.05, 0) is 52.1 Å². The van der Waals surface area contributed by atoms with Gasteiger partial charge in [-0.25, -0.2) is 19.2 Å². The molecule has 3 atom stereocenters. The lowest BCUT2D eigenvalue weighted by atomic mass is 9.77. The van der Waals surface area contributed by atoms with Gasteiger partial charge in [-0.3, -0.25) is 14.5 Å². The molecule has 2 aliphatic heterocycles. The molecule has 67 heavy (non-hydrogen) atoms. The predicted molar refractivity (Wildman–Crippen MR) is 271 cm³/mol. The normalized spacial score (nSPS) is 16.3. The number of β-lactam (4-membered cyclic amide) rings is 1. The highest BCUT2D eigenvalue weighted by molar-refractivity contribution is 14.1. The minimum absolute atomic E-state index is 0.0291. The molecule has 18 heteroatoms. The minimum Gasteiger partial charge on any atom is -0.497 e. The van der Waals surface area contributed by atoms with Gasteiger partial charge in [0.05, 0.1) is 23.0 Å². The summed E-state index contributed by atoms with van der Waals surface area (Å²) in [5, 5.41) is 11.6. The minimum atomic E-state index is -1.66. The number of rotatable bonds is 18. The molecule has 2 N–H and O–H groups in total. The summed E-state index contributed by atoms with van der Waals surface area (Å²) in [5.41, 5.74) is 5.10. The summed E-state index contributed by atoms with van der Waals surface area (Å²) in [4.78, 5) is 57.4. The summed E-state index contributed by atoms with van der Waals surface area (Å²) in [6.45, 7) is -0.539. The number of methoxy groups -OCH3 is 1. The number of amides is 2. The van der Waals surface area contributed by atoms with Gasteiger partial charge in [0.15, 0.2) is 22.2 Å². The summed E-state index contributed by atoms with van der Waals surface area (Å²) in [6.07, 6.45) is -0.805. The van der Waals surface area contributed by atoms with E-state index in [4.69, 9.17) is 19.3 Å². The number of thiazole rings is 2. The maximum Gasteiger partial charge on any atom is 0.356 e. The van der Waals surface area contributed by atoms with E-state index < -0.39 is 47.5 Å². The Bertz CT molecular complexity index is 2850. The molecule has 5 aromatic carbocycles. The fourth-order valence-electron chi connectivity index (χ4n) is 7.68. The van der Waals surface area contributed by atoms with Gasteiger partial charge in [0.25, 0.3) is 11.8 Å². The lowest BCUT2D eigenvalue weighted by Gasteiger charge is -2.49. The van der Waals surface area contributed by atoms with E-state index in [1.165, 1.54) is 51.1 Å². The van der Waals surface area contributed by atoms with Crippen molar-refractivity contribution in [1.29, 1.82) is 0 Å². The maximum atomic E-state index is 15.6. The van der Waals surface area contributed by atoms with Gasteiger partial charge in [0.1, 0.15) is 41.2 Å². The number of oxime groups is 1. The number of nitrogens with one attached hydrogen (secondary N) is 2. The first-order chi connectivity index (χ1) is 32.7. The van der Waals surface area contributed by atoms with Crippen LogP contribution in [-0.4, -0.2) is 69.8 Å². The molecule has 0 aliphatic carbocycles. The van der Waals surface area contributed by atoms with Gasteiger partial charge < -0.3 is 24.9 Å². The SMILES string of the molecule is COc1ccc(COC(=O)C2=C(Sc3nc4cc(CI)ccc4s3)CS[C@H]3[C@H](NC(=O)/C=N\OCC(F)c4csc(NC(c5ccccc5)(c5ccccc5)c5ccccc5)n4)C(=O)N23)cc1. The number of benzene rings is 5. The zero-order chi connectivity index (χ0) is 46.3. The van der Waals surface area contributed by atoms with Crippen LogP contribution in [0.1, 0.15) is 39.7 Å². The highest BCUT2D eigenvalue weighted by Crippen LogP contribution is 2.47. The van der Waals surface area contributed by atoms with Crippen molar-refractivity contribution >= 4 is 108 Å². The second-order valence-corrected chi connectivity index (χ2v) is 20.3. The Kier molecular flexibility index (Phi) is 14.5. The summed E-state index contributed by atoms with van der Waals surface area (Å²) in [5.74, 6) is -0.849. The number of carbonyl (C=O) groups is 3. The fraction of sp³-hybridized carbons (Fsp3) is 0.184. The fourth-order valence-corrected chi connectivity index (χ4v) is 12.6. The third-order valence-corrected chi connectivity index (χ3v) is 16.3. The second-order valence-electron chi connectivity index (χ2n) is 15.2. The Morgan fingerprint density at radius 1 is 0.940 bits per heavy atom. The number of anilines is 1. The van der Waals surface area contributed by atoms with Gasteiger partial charge in [0, 0.05) is 20.5 Å². The summed E-state index contributed by atoms with van der Waals surface area (Å²) in [7, 11) is 1.57. The third kappa shape index (κ3) is 10.1. The Morgan fingerprint density at radius 3 is 2.24 bits per heavy atom. The molecule has 9 rings (SSSR count).